The van der Waals surface area contributed by atoms with Crippen LogP contribution < -0.4 is 11.4 Å². The highest BCUT2D eigenvalue weighted by molar-refractivity contribution is 9.10. The first-order valence-corrected chi connectivity index (χ1v) is 7.58. The molecule has 19 heavy (non-hydrogen) atoms. The SMILES string of the molecule is CCn1c(Sc2ccc(CCN)cc2Br)n[nH]c1=O. The van der Waals surface area contributed by atoms with Crippen molar-refractivity contribution in [1.82, 2.24) is 14.8 Å². The largest absolute Gasteiger partial charge is 0.343 e. The number of nitrogens with zero attached hydrogens (tertiary/aromatic N) is 2. The standard InChI is InChI=1S/C12H15BrN4OS/c1-2-17-11(18)15-16-12(17)19-10-4-3-8(5-6-14)7-9(10)13/h3-4,7H,2,5-6,14H2,1H3,(H,15,18). The van der Waals surface area contributed by atoms with Crippen molar-refractivity contribution in [2.24, 2.45) is 5.73 Å². The minimum absolute atomic E-state index is 0.180. The molecule has 0 atom stereocenters. The van der Waals surface area contributed by atoms with Crippen LogP contribution in [0.15, 0.2) is 37.5 Å². The van der Waals surface area contributed by atoms with Gasteiger partial charge >= 0.3 is 5.69 Å². The molecule has 0 bridgehead atoms. The van der Waals surface area contributed by atoms with Crippen LogP contribution >= 0.6 is 27.7 Å². The minimum atomic E-state index is -0.180. The summed E-state index contributed by atoms with van der Waals surface area (Å²) in [5, 5.41) is 7.16. The molecule has 0 spiro atoms. The predicted molar refractivity (Wildman–Crippen MR) is 79.5 cm³/mol. The fraction of sp³-hybridized carbons (Fsp3) is 0.333. The molecule has 2 aromatic rings. The Kier molecular flexibility index (Phi) is 4.84. The lowest BCUT2D eigenvalue weighted by atomic mass is 10.2. The van der Waals surface area contributed by atoms with Crippen LogP contribution in [0.2, 0.25) is 0 Å². The van der Waals surface area contributed by atoms with E-state index in [0.717, 1.165) is 15.8 Å². The topological polar surface area (TPSA) is 76.7 Å². The van der Waals surface area contributed by atoms with Crippen LogP contribution in [0, 0.1) is 0 Å². The van der Waals surface area contributed by atoms with E-state index in [1.54, 1.807) is 4.57 Å². The van der Waals surface area contributed by atoms with Gasteiger partial charge in [0, 0.05) is 15.9 Å². The van der Waals surface area contributed by atoms with Crippen molar-refractivity contribution >= 4 is 27.7 Å². The second-order valence-electron chi connectivity index (χ2n) is 3.96. The summed E-state index contributed by atoms with van der Waals surface area (Å²) >= 11 is 5.00. The minimum Gasteiger partial charge on any atom is -0.330 e. The highest BCUT2D eigenvalue weighted by Gasteiger charge is 2.10. The van der Waals surface area contributed by atoms with Gasteiger partial charge in [-0.2, -0.15) is 0 Å². The van der Waals surface area contributed by atoms with Crippen molar-refractivity contribution in [1.29, 1.82) is 0 Å². The number of aromatic amines is 1. The zero-order valence-electron chi connectivity index (χ0n) is 10.5. The summed E-state index contributed by atoms with van der Waals surface area (Å²) in [6, 6.07) is 6.11. The molecule has 1 aromatic heterocycles. The van der Waals surface area contributed by atoms with E-state index in [1.165, 1.54) is 17.3 Å². The lowest BCUT2D eigenvalue weighted by Gasteiger charge is -2.06. The lowest BCUT2D eigenvalue weighted by molar-refractivity contribution is 0.660. The van der Waals surface area contributed by atoms with Crippen molar-refractivity contribution < 1.29 is 0 Å². The van der Waals surface area contributed by atoms with Crippen LogP contribution in [-0.4, -0.2) is 21.3 Å². The van der Waals surface area contributed by atoms with E-state index < -0.39 is 0 Å². The number of hydrogen-bond acceptors (Lipinski definition) is 4. The fourth-order valence-electron chi connectivity index (χ4n) is 1.71. The Morgan fingerprint density at radius 1 is 1.53 bits per heavy atom. The molecule has 3 N–H and O–H groups in total. The van der Waals surface area contributed by atoms with Gasteiger partial charge in [0.05, 0.1) is 0 Å². The Morgan fingerprint density at radius 3 is 2.95 bits per heavy atom. The number of rotatable bonds is 5. The summed E-state index contributed by atoms with van der Waals surface area (Å²) in [7, 11) is 0. The molecule has 0 radical (unpaired) electrons. The van der Waals surface area contributed by atoms with Crippen LogP contribution in [0.3, 0.4) is 0 Å². The third-order valence-electron chi connectivity index (χ3n) is 2.67. The van der Waals surface area contributed by atoms with E-state index in [-0.39, 0.29) is 5.69 Å². The van der Waals surface area contributed by atoms with E-state index in [2.05, 4.69) is 32.2 Å². The van der Waals surface area contributed by atoms with Gasteiger partial charge in [0.15, 0.2) is 5.16 Å². The van der Waals surface area contributed by atoms with Crippen molar-refractivity contribution in [2.45, 2.75) is 29.9 Å². The van der Waals surface area contributed by atoms with E-state index in [9.17, 15) is 4.79 Å². The first-order valence-electron chi connectivity index (χ1n) is 5.97. The van der Waals surface area contributed by atoms with Gasteiger partial charge in [-0.15, -0.1) is 5.10 Å². The summed E-state index contributed by atoms with van der Waals surface area (Å²) in [5.74, 6) is 0. The number of nitrogens with one attached hydrogen (secondary N) is 1. The number of halogens is 1. The second kappa shape index (κ2) is 6.40. The molecule has 0 amide bonds. The maximum atomic E-state index is 11.5. The molecule has 0 saturated carbocycles. The number of H-pyrrole nitrogens is 1. The molecule has 0 unspecified atom stereocenters. The molecule has 0 fully saturated rings. The molecule has 0 aliphatic rings. The van der Waals surface area contributed by atoms with Gasteiger partial charge in [0.25, 0.3) is 0 Å². The molecule has 7 heteroatoms. The molecular weight excluding hydrogens is 328 g/mol. The third kappa shape index (κ3) is 3.29. The Balaban J connectivity index is 2.26. The molecular formula is C12H15BrN4OS. The van der Waals surface area contributed by atoms with Crippen LogP contribution in [0.5, 0.6) is 0 Å². The Hall–Kier alpha value is -1.05. The molecule has 1 aromatic carbocycles. The molecule has 102 valence electrons. The molecule has 5 nitrogen and oxygen atoms in total. The molecule has 0 saturated heterocycles. The lowest BCUT2D eigenvalue weighted by Crippen LogP contribution is -2.16. The van der Waals surface area contributed by atoms with Crippen molar-refractivity contribution in [3.8, 4) is 0 Å². The first-order chi connectivity index (χ1) is 9.15. The molecule has 2 rings (SSSR count). The van der Waals surface area contributed by atoms with Crippen molar-refractivity contribution in [3.05, 3.63) is 38.7 Å². The summed E-state index contributed by atoms with van der Waals surface area (Å²) < 4.78 is 2.59. The van der Waals surface area contributed by atoms with Gasteiger partial charge in [-0.05, 0) is 65.3 Å². The Bertz CT molecular complexity index is 622. The second-order valence-corrected chi connectivity index (χ2v) is 5.82. The van der Waals surface area contributed by atoms with Gasteiger partial charge < -0.3 is 5.73 Å². The highest BCUT2D eigenvalue weighted by Crippen LogP contribution is 2.32. The maximum absolute atomic E-state index is 11.5. The maximum Gasteiger partial charge on any atom is 0.343 e. The van der Waals surface area contributed by atoms with Crippen molar-refractivity contribution in [2.75, 3.05) is 6.54 Å². The Morgan fingerprint density at radius 2 is 2.32 bits per heavy atom. The molecule has 0 aliphatic heterocycles. The number of nitrogens with two attached hydrogens (primary N) is 1. The van der Waals surface area contributed by atoms with Gasteiger partial charge in [-0.1, -0.05) is 6.07 Å². The first kappa shape index (κ1) is 14.4. The Labute approximate surface area is 123 Å². The monoisotopic (exact) mass is 342 g/mol. The summed E-state index contributed by atoms with van der Waals surface area (Å²) in [6.45, 7) is 3.15. The average molecular weight is 343 g/mol. The van der Waals surface area contributed by atoms with Gasteiger partial charge in [-0.25, -0.2) is 9.89 Å². The quantitative estimate of drug-likeness (QED) is 0.871. The van der Waals surface area contributed by atoms with Crippen molar-refractivity contribution in [3.63, 3.8) is 0 Å². The molecule has 1 heterocycles. The van der Waals surface area contributed by atoms with Gasteiger partial charge in [-0.3, -0.25) is 4.57 Å². The van der Waals surface area contributed by atoms with E-state index in [1.807, 2.05) is 19.1 Å². The van der Waals surface area contributed by atoms with E-state index >= 15 is 0 Å². The zero-order valence-corrected chi connectivity index (χ0v) is 12.9. The van der Waals surface area contributed by atoms with E-state index in [4.69, 9.17) is 5.73 Å². The number of aromatic nitrogens is 3. The average Bonchev–Trinajstić information content (AvgIpc) is 2.73. The smallest absolute Gasteiger partial charge is 0.330 e. The third-order valence-corrected chi connectivity index (χ3v) is 4.66. The van der Waals surface area contributed by atoms with Crippen LogP contribution in [0.25, 0.3) is 0 Å². The van der Waals surface area contributed by atoms with E-state index in [0.29, 0.717) is 18.2 Å². The summed E-state index contributed by atoms with van der Waals surface area (Å²) in [6.07, 6.45) is 0.853. The van der Waals surface area contributed by atoms with Gasteiger partial charge in [0.1, 0.15) is 0 Å². The number of benzene rings is 1. The van der Waals surface area contributed by atoms with Crippen LogP contribution in [0.1, 0.15) is 12.5 Å². The normalized spacial score (nSPS) is 10.9. The summed E-state index contributed by atoms with van der Waals surface area (Å²) in [5.41, 5.74) is 6.55. The van der Waals surface area contributed by atoms with Gasteiger partial charge in [0.2, 0.25) is 0 Å². The summed E-state index contributed by atoms with van der Waals surface area (Å²) in [4.78, 5) is 12.5. The highest BCUT2D eigenvalue weighted by atomic mass is 79.9. The molecule has 0 aliphatic carbocycles. The fourth-order valence-corrected chi connectivity index (χ4v) is 3.28. The zero-order chi connectivity index (χ0) is 13.8. The van der Waals surface area contributed by atoms with Crippen LogP contribution in [0.4, 0.5) is 0 Å². The van der Waals surface area contributed by atoms with Crippen LogP contribution in [-0.2, 0) is 13.0 Å². The number of hydrogen-bond donors (Lipinski definition) is 2. The predicted octanol–water partition coefficient (Wildman–Crippen LogP) is 2.01.